The highest BCUT2D eigenvalue weighted by Gasteiger charge is 2.37. The Morgan fingerprint density at radius 3 is 1.65 bits per heavy atom. The zero-order chi connectivity index (χ0) is 13.5. The maximum Gasteiger partial charge on any atom is 0.508 e. The first-order valence-electron chi connectivity index (χ1n) is 7.94. The molecule has 2 saturated carbocycles. The van der Waals surface area contributed by atoms with Gasteiger partial charge in [0.25, 0.3) is 0 Å². The van der Waals surface area contributed by atoms with Crippen molar-refractivity contribution in [2.24, 2.45) is 35.5 Å². The van der Waals surface area contributed by atoms with Gasteiger partial charge in [0.05, 0.1) is 13.2 Å². The second-order valence-corrected chi connectivity index (χ2v) is 6.95. The highest BCUT2D eigenvalue weighted by atomic mass is 16.7. The SMILES string of the molecule is O=C(OCC1CC2C=CC1C2)OCC1C[C@H]2C=CC1C2. The summed E-state index contributed by atoms with van der Waals surface area (Å²) in [7, 11) is 0. The zero-order valence-corrected chi connectivity index (χ0v) is 11.7. The predicted octanol–water partition coefficient (Wildman–Crippen LogP) is 3.56. The number of carbonyl (C=O) groups is 1. The highest BCUT2D eigenvalue weighted by Crippen LogP contribution is 2.44. The molecule has 0 aromatic rings. The van der Waals surface area contributed by atoms with Crippen LogP contribution in [0.2, 0.25) is 0 Å². The Labute approximate surface area is 120 Å². The Balaban J connectivity index is 1.18. The summed E-state index contributed by atoms with van der Waals surface area (Å²) in [6.07, 6.45) is 13.6. The molecule has 108 valence electrons. The molecule has 4 aliphatic rings. The van der Waals surface area contributed by atoms with Gasteiger partial charge < -0.3 is 9.47 Å². The van der Waals surface area contributed by atoms with E-state index in [-0.39, 0.29) is 0 Å². The molecule has 3 nitrogen and oxygen atoms in total. The van der Waals surface area contributed by atoms with E-state index in [9.17, 15) is 4.79 Å². The summed E-state index contributed by atoms with van der Waals surface area (Å²) < 4.78 is 10.6. The van der Waals surface area contributed by atoms with Gasteiger partial charge in [-0.05, 0) is 49.4 Å². The van der Waals surface area contributed by atoms with Gasteiger partial charge in [0.1, 0.15) is 0 Å². The fourth-order valence-electron chi connectivity index (χ4n) is 4.56. The molecule has 20 heavy (non-hydrogen) atoms. The molecule has 4 rings (SSSR count). The topological polar surface area (TPSA) is 35.5 Å². The summed E-state index contributed by atoms with van der Waals surface area (Å²) in [4.78, 5) is 11.7. The van der Waals surface area contributed by atoms with E-state index in [1.807, 2.05) is 0 Å². The van der Waals surface area contributed by atoms with Crippen molar-refractivity contribution >= 4 is 6.16 Å². The van der Waals surface area contributed by atoms with Gasteiger partial charge in [-0.25, -0.2) is 4.79 Å². The molecule has 0 saturated heterocycles. The average Bonchev–Trinajstić information content (AvgIpc) is 3.21. The van der Waals surface area contributed by atoms with Crippen molar-refractivity contribution < 1.29 is 14.3 Å². The van der Waals surface area contributed by atoms with Crippen molar-refractivity contribution in [2.45, 2.75) is 25.7 Å². The van der Waals surface area contributed by atoms with Gasteiger partial charge in [-0.2, -0.15) is 0 Å². The quantitative estimate of drug-likeness (QED) is 0.581. The smallest absolute Gasteiger partial charge is 0.434 e. The number of hydrogen-bond acceptors (Lipinski definition) is 3. The molecule has 0 amide bonds. The molecule has 4 bridgehead atoms. The molecule has 0 aromatic carbocycles. The Morgan fingerprint density at radius 1 is 0.800 bits per heavy atom. The largest absolute Gasteiger partial charge is 0.508 e. The van der Waals surface area contributed by atoms with Crippen molar-refractivity contribution in [1.82, 2.24) is 0 Å². The van der Waals surface area contributed by atoms with Crippen molar-refractivity contribution in [2.75, 3.05) is 13.2 Å². The maximum atomic E-state index is 11.7. The number of ether oxygens (including phenoxy) is 2. The van der Waals surface area contributed by atoms with Crippen LogP contribution in [0.15, 0.2) is 24.3 Å². The van der Waals surface area contributed by atoms with Crippen LogP contribution in [0.1, 0.15) is 25.7 Å². The molecule has 0 radical (unpaired) electrons. The summed E-state index contributed by atoms with van der Waals surface area (Å²) in [5.74, 6) is 3.74. The highest BCUT2D eigenvalue weighted by molar-refractivity contribution is 5.59. The van der Waals surface area contributed by atoms with Crippen LogP contribution >= 0.6 is 0 Å². The third kappa shape index (κ3) is 2.27. The van der Waals surface area contributed by atoms with Gasteiger partial charge in [-0.3, -0.25) is 0 Å². The summed E-state index contributed by atoms with van der Waals surface area (Å²) in [6, 6.07) is 0. The second-order valence-electron chi connectivity index (χ2n) is 6.95. The predicted molar refractivity (Wildman–Crippen MR) is 75.0 cm³/mol. The van der Waals surface area contributed by atoms with E-state index < -0.39 is 6.16 Å². The molecule has 0 aromatic heterocycles. The molecule has 6 atom stereocenters. The second kappa shape index (κ2) is 4.94. The van der Waals surface area contributed by atoms with Crippen LogP contribution in [0.3, 0.4) is 0 Å². The standard InChI is InChI=1S/C17H22O3/c18-17(19-9-15-7-11-1-3-13(15)5-11)20-10-16-8-12-2-4-14(16)6-12/h1-4,11-16H,5-10H2/t11-,12?,13?,14?,15?,16?/m0/s1. The van der Waals surface area contributed by atoms with Crippen LogP contribution in [0.5, 0.6) is 0 Å². The zero-order valence-electron chi connectivity index (χ0n) is 11.7. The van der Waals surface area contributed by atoms with Crippen LogP contribution in [0, 0.1) is 35.5 Å². The minimum atomic E-state index is -0.469. The Hall–Kier alpha value is -1.25. The minimum absolute atomic E-state index is 0.469. The first-order valence-corrected chi connectivity index (χ1v) is 7.94. The van der Waals surface area contributed by atoms with Gasteiger partial charge in [-0.15, -0.1) is 0 Å². The molecule has 5 unspecified atom stereocenters. The van der Waals surface area contributed by atoms with E-state index in [0.717, 1.165) is 11.8 Å². The molecule has 0 N–H and O–H groups in total. The molecule has 0 spiro atoms. The number of hydrogen-bond donors (Lipinski definition) is 0. The summed E-state index contributed by atoms with van der Waals surface area (Å²) in [5, 5.41) is 0. The molecule has 0 aliphatic heterocycles. The van der Waals surface area contributed by atoms with Crippen LogP contribution in [-0.2, 0) is 9.47 Å². The number of carbonyl (C=O) groups excluding carboxylic acids is 1. The average molecular weight is 274 g/mol. The van der Waals surface area contributed by atoms with Gasteiger partial charge in [0.15, 0.2) is 0 Å². The van der Waals surface area contributed by atoms with Gasteiger partial charge in [0, 0.05) is 11.8 Å². The molecule has 4 aliphatic carbocycles. The first-order chi connectivity index (χ1) is 9.78. The molecular formula is C17H22O3. The van der Waals surface area contributed by atoms with E-state index in [1.54, 1.807) is 0 Å². The van der Waals surface area contributed by atoms with Gasteiger partial charge >= 0.3 is 6.16 Å². The first kappa shape index (κ1) is 12.5. The van der Waals surface area contributed by atoms with E-state index >= 15 is 0 Å². The van der Waals surface area contributed by atoms with Crippen molar-refractivity contribution in [1.29, 1.82) is 0 Å². The lowest BCUT2D eigenvalue weighted by molar-refractivity contribution is 0.0296. The fourth-order valence-corrected chi connectivity index (χ4v) is 4.56. The number of allylic oxidation sites excluding steroid dienone is 4. The monoisotopic (exact) mass is 274 g/mol. The van der Waals surface area contributed by atoms with Crippen molar-refractivity contribution in [3.05, 3.63) is 24.3 Å². The third-order valence-corrected chi connectivity index (χ3v) is 5.66. The summed E-state index contributed by atoms with van der Waals surface area (Å²) in [6.45, 7) is 1.06. The van der Waals surface area contributed by atoms with Gasteiger partial charge in [0.2, 0.25) is 0 Å². The van der Waals surface area contributed by atoms with Crippen LogP contribution < -0.4 is 0 Å². The lowest BCUT2D eigenvalue weighted by Gasteiger charge is -2.19. The molecule has 0 heterocycles. The van der Waals surface area contributed by atoms with E-state index in [2.05, 4.69) is 24.3 Å². The van der Waals surface area contributed by atoms with Crippen LogP contribution in [0.25, 0.3) is 0 Å². The van der Waals surface area contributed by atoms with Crippen LogP contribution in [0.4, 0.5) is 4.79 Å². The minimum Gasteiger partial charge on any atom is -0.434 e. The van der Waals surface area contributed by atoms with Crippen molar-refractivity contribution in [3.63, 3.8) is 0 Å². The Kier molecular flexibility index (Phi) is 3.08. The number of rotatable bonds is 4. The fraction of sp³-hybridized carbons (Fsp3) is 0.706. The lowest BCUT2D eigenvalue weighted by Crippen LogP contribution is -2.21. The van der Waals surface area contributed by atoms with E-state index in [0.29, 0.717) is 36.9 Å². The molecule has 3 heteroatoms. The molecule has 2 fully saturated rings. The Morgan fingerprint density at radius 2 is 1.30 bits per heavy atom. The van der Waals surface area contributed by atoms with Gasteiger partial charge in [-0.1, -0.05) is 24.3 Å². The van der Waals surface area contributed by atoms with Crippen molar-refractivity contribution in [3.8, 4) is 0 Å². The maximum absolute atomic E-state index is 11.7. The lowest BCUT2D eigenvalue weighted by atomic mass is 9.94. The third-order valence-electron chi connectivity index (χ3n) is 5.66. The molecular weight excluding hydrogens is 252 g/mol. The van der Waals surface area contributed by atoms with Crippen LogP contribution in [-0.4, -0.2) is 19.4 Å². The summed E-state index contributed by atoms with van der Waals surface area (Å²) >= 11 is 0. The Bertz CT molecular complexity index is 413. The van der Waals surface area contributed by atoms with E-state index in [1.165, 1.54) is 25.7 Å². The summed E-state index contributed by atoms with van der Waals surface area (Å²) in [5.41, 5.74) is 0. The normalized spacial score (nSPS) is 43.4. The number of fused-ring (bicyclic) bond motifs is 4. The van der Waals surface area contributed by atoms with E-state index in [4.69, 9.17) is 9.47 Å².